The fourth-order valence-corrected chi connectivity index (χ4v) is 5.27. The van der Waals surface area contributed by atoms with Crippen LogP contribution in [0.1, 0.15) is 21.6 Å². The molecule has 6 heteroatoms. The summed E-state index contributed by atoms with van der Waals surface area (Å²) in [7, 11) is 0. The Morgan fingerprint density at radius 1 is 0.906 bits per heavy atom. The van der Waals surface area contributed by atoms with Gasteiger partial charge in [-0.25, -0.2) is 4.39 Å². The molecule has 1 aliphatic heterocycles. The van der Waals surface area contributed by atoms with E-state index in [0.29, 0.717) is 19.6 Å². The van der Waals surface area contributed by atoms with Gasteiger partial charge in [-0.15, -0.1) is 11.3 Å². The van der Waals surface area contributed by atoms with Crippen molar-refractivity contribution in [3.63, 3.8) is 0 Å². The Balaban J connectivity index is 1.27. The standard InChI is InChI=1S/C26H26FN3OS/c27-22-8-4-7-21(17-22)19-28-12-14-29(15-13-28)26(31)24-18-25-23(10-16-32-25)30(24)11-9-20-5-2-1-3-6-20/h1-8,10,16-18H,9,11-15,19H2. The fourth-order valence-electron chi connectivity index (χ4n) is 4.45. The first kappa shape index (κ1) is 20.9. The van der Waals surface area contributed by atoms with E-state index in [-0.39, 0.29) is 11.7 Å². The molecule has 1 saturated heterocycles. The van der Waals surface area contributed by atoms with Crippen LogP contribution in [0.15, 0.2) is 72.1 Å². The Morgan fingerprint density at radius 2 is 1.69 bits per heavy atom. The molecule has 2 aromatic carbocycles. The van der Waals surface area contributed by atoms with Crippen LogP contribution in [0, 0.1) is 5.82 Å². The number of nitrogens with zero attached hydrogens (tertiary/aromatic N) is 3. The van der Waals surface area contributed by atoms with E-state index >= 15 is 0 Å². The molecule has 4 aromatic rings. The zero-order valence-electron chi connectivity index (χ0n) is 17.9. The molecule has 1 amide bonds. The van der Waals surface area contributed by atoms with Crippen molar-refractivity contribution in [1.29, 1.82) is 0 Å². The molecular weight excluding hydrogens is 421 g/mol. The lowest BCUT2D eigenvalue weighted by atomic mass is 10.1. The summed E-state index contributed by atoms with van der Waals surface area (Å²) in [6.07, 6.45) is 0.891. The van der Waals surface area contributed by atoms with Gasteiger partial charge in [0.2, 0.25) is 0 Å². The normalized spacial score (nSPS) is 14.8. The first-order valence-electron chi connectivity index (χ1n) is 11.0. The van der Waals surface area contributed by atoms with E-state index < -0.39 is 0 Å². The van der Waals surface area contributed by atoms with Gasteiger partial charge in [-0.1, -0.05) is 42.5 Å². The molecule has 3 heterocycles. The van der Waals surface area contributed by atoms with Crippen molar-refractivity contribution in [2.45, 2.75) is 19.5 Å². The third kappa shape index (κ3) is 4.47. The number of piperazine rings is 1. The van der Waals surface area contributed by atoms with Crippen LogP contribution in [0.5, 0.6) is 0 Å². The topological polar surface area (TPSA) is 28.5 Å². The van der Waals surface area contributed by atoms with E-state index in [9.17, 15) is 9.18 Å². The predicted molar refractivity (Wildman–Crippen MR) is 128 cm³/mol. The third-order valence-electron chi connectivity index (χ3n) is 6.16. The summed E-state index contributed by atoms with van der Waals surface area (Å²) < 4.78 is 16.8. The Labute approximate surface area is 191 Å². The minimum absolute atomic E-state index is 0.104. The minimum Gasteiger partial charge on any atom is -0.335 e. The quantitative estimate of drug-likeness (QED) is 0.414. The summed E-state index contributed by atoms with van der Waals surface area (Å²) >= 11 is 1.68. The number of benzene rings is 2. The molecule has 1 fully saturated rings. The first-order chi connectivity index (χ1) is 15.7. The number of thiophene rings is 1. The van der Waals surface area contributed by atoms with E-state index in [4.69, 9.17) is 0 Å². The van der Waals surface area contributed by atoms with Crippen molar-refractivity contribution in [3.8, 4) is 0 Å². The summed E-state index contributed by atoms with van der Waals surface area (Å²) in [5.74, 6) is -0.0978. The molecule has 0 aliphatic carbocycles. The average Bonchev–Trinajstić information content (AvgIpc) is 3.40. The Kier molecular flexibility index (Phi) is 6.06. The van der Waals surface area contributed by atoms with E-state index in [1.54, 1.807) is 23.5 Å². The van der Waals surface area contributed by atoms with Gasteiger partial charge in [-0.3, -0.25) is 9.69 Å². The van der Waals surface area contributed by atoms with Crippen molar-refractivity contribution in [2.24, 2.45) is 0 Å². The lowest BCUT2D eigenvalue weighted by Crippen LogP contribution is -2.48. The molecule has 32 heavy (non-hydrogen) atoms. The number of hydrogen-bond donors (Lipinski definition) is 0. The molecule has 4 nitrogen and oxygen atoms in total. The van der Waals surface area contributed by atoms with Gasteiger partial charge in [-0.05, 0) is 47.2 Å². The maximum atomic E-state index is 13.5. The Bertz CT molecular complexity index is 1210. The second-order valence-corrected chi connectivity index (χ2v) is 9.23. The average molecular weight is 448 g/mol. The Hall–Kier alpha value is -2.96. The van der Waals surface area contributed by atoms with Crippen LogP contribution in [0.25, 0.3) is 10.2 Å². The van der Waals surface area contributed by atoms with Crippen LogP contribution in [0.4, 0.5) is 4.39 Å². The number of aryl methyl sites for hydroxylation is 2. The number of rotatable bonds is 6. The van der Waals surface area contributed by atoms with Crippen molar-refractivity contribution in [3.05, 3.63) is 94.7 Å². The van der Waals surface area contributed by atoms with Gasteiger partial charge in [0.25, 0.3) is 5.91 Å². The summed E-state index contributed by atoms with van der Waals surface area (Å²) in [6, 6.07) is 21.3. The highest BCUT2D eigenvalue weighted by atomic mass is 32.1. The molecule has 2 aromatic heterocycles. The molecule has 0 N–H and O–H groups in total. The lowest BCUT2D eigenvalue weighted by molar-refractivity contribution is 0.0618. The largest absolute Gasteiger partial charge is 0.335 e. The van der Waals surface area contributed by atoms with Crippen molar-refractivity contribution in [1.82, 2.24) is 14.4 Å². The molecule has 0 radical (unpaired) electrons. The van der Waals surface area contributed by atoms with Crippen molar-refractivity contribution < 1.29 is 9.18 Å². The number of fused-ring (bicyclic) bond motifs is 1. The summed E-state index contributed by atoms with van der Waals surface area (Å²) in [5.41, 5.74) is 4.16. The fraction of sp³-hybridized carbons (Fsp3) is 0.269. The highest BCUT2D eigenvalue weighted by molar-refractivity contribution is 7.17. The number of carbonyl (C=O) groups excluding carboxylic acids is 1. The molecule has 1 aliphatic rings. The zero-order chi connectivity index (χ0) is 21.9. The van der Waals surface area contributed by atoms with Crippen LogP contribution < -0.4 is 0 Å². The van der Waals surface area contributed by atoms with Gasteiger partial charge in [0, 0.05) is 39.3 Å². The summed E-state index contributed by atoms with van der Waals surface area (Å²) in [5, 5.41) is 2.09. The predicted octanol–water partition coefficient (Wildman–Crippen LogP) is 5.04. The number of aromatic nitrogens is 1. The molecule has 0 atom stereocenters. The monoisotopic (exact) mass is 447 g/mol. The van der Waals surface area contributed by atoms with Crippen LogP contribution >= 0.6 is 11.3 Å². The van der Waals surface area contributed by atoms with Gasteiger partial charge >= 0.3 is 0 Å². The third-order valence-corrected chi connectivity index (χ3v) is 7.02. The van der Waals surface area contributed by atoms with E-state index in [1.165, 1.54) is 11.6 Å². The molecule has 0 unspecified atom stereocenters. The summed E-state index contributed by atoms with van der Waals surface area (Å²) in [4.78, 5) is 17.7. The van der Waals surface area contributed by atoms with E-state index in [2.05, 4.69) is 45.2 Å². The first-order valence-corrected chi connectivity index (χ1v) is 11.9. The van der Waals surface area contributed by atoms with E-state index in [0.717, 1.165) is 47.5 Å². The van der Waals surface area contributed by atoms with E-state index in [1.807, 2.05) is 23.1 Å². The number of carbonyl (C=O) groups is 1. The van der Waals surface area contributed by atoms with Crippen molar-refractivity contribution in [2.75, 3.05) is 26.2 Å². The van der Waals surface area contributed by atoms with Gasteiger partial charge < -0.3 is 9.47 Å². The van der Waals surface area contributed by atoms with Crippen LogP contribution in [0.2, 0.25) is 0 Å². The van der Waals surface area contributed by atoms with Gasteiger partial charge in [0.15, 0.2) is 0 Å². The van der Waals surface area contributed by atoms with Gasteiger partial charge in [-0.2, -0.15) is 0 Å². The van der Waals surface area contributed by atoms with Gasteiger partial charge in [0.05, 0.1) is 10.2 Å². The maximum Gasteiger partial charge on any atom is 0.270 e. The highest BCUT2D eigenvalue weighted by Crippen LogP contribution is 2.27. The smallest absolute Gasteiger partial charge is 0.270 e. The highest BCUT2D eigenvalue weighted by Gasteiger charge is 2.25. The van der Waals surface area contributed by atoms with Crippen LogP contribution in [-0.2, 0) is 19.5 Å². The minimum atomic E-state index is -0.201. The number of hydrogen-bond acceptors (Lipinski definition) is 3. The Morgan fingerprint density at radius 3 is 2.47 bits per heavy atom. The number of amides is 1. The van der Waals surface area contributed by atoms with Gasteiger partial charge in [0.1, 0.15) is 11.5 Å². The molecule has 164 valence electrons. The molecule has 0 bridgehead atoms. The van der Waals surface area contributed by atoms with Crippen LogP contribution in [-0.4, -0.2) is 46.5 Å². The maximum absolute atomic E-state index is 13.5. The second-order valence-electron chi connectivity index (χ2n) is 8.29. The summed E-state index contributed by atoms with van der Waals surface area (Å²) in [6.45, 7) is 4.45. The molecule has 0 saturated carbocycles. The lowest BCUT2D eigenvalue weighted by Gasteiger charge is -2.35. The molecule has 5 rings (SSSR count). The molecule has 0 spiro atoms. The van der Waals surface area contributed by atoms with Crippen LogP contribution in [0.3, 0.4) is 0 Å². The molecular formula is C26H26FN3OS. The van der Waals surface area contributed by atoms with Crippen molar-refractivity contribution >= 4 is 27.5 Å². The zero-order valence-corrected chi connectivity index (χ0v) is 18.7. The SMILES string of the molecule is O=C(c1cc2sccc2n1CCc1ccccc1)N1CCN(Cc2cccc(F)c2)CC1. The number of halogens is 1. The second kappa shape index (κ2) is 9.27.